The molecule has 2 aliphatic rings. The molecule has 2 fully saturated rings. The molecule has 0 bridgehead atoms. The largest absolute Gasteiger partial charge is 0.416 e. The SMILES string of the molecule is O=C(N1CCOCC1)N1CC(/C=C/c2ccccc2)CC(c2ccc(C(F)(F)F)cc2)C1. The molecule has 2 aromatic rings. The van der Waals surface area contributed by atoms with Crippen LogP contribution in [0.3, 0.4) is 0 Å². The average molecular weight is 444 g/mol. The van der Waals surface area contributed by atoms with E-state index in [4.69, 9.17) is 4.74 Å². The van der Waals surface area contributed by atoms with Gasteiger partial charge in [-0.25, -0.2) is 4.79 Å². The summed E-state index contributed by atoms with van der Waals surface area (Å²) in [4.78, 5) is 16.8. The number of carbonyl (C=O) groups is 1. The number of halogens is 3. The molecular weight excluding hydrogens is 417 g/mol. The first-order valence-electron chi connectivity index (χ1n) is 10.9. The van der Waals surface area contributed by atoms with E-state index in [0.29, 0.717) is 39.4 Å². The van der Waals surface area contributed by atoms with Crippen molar-refractivity contribution in [3.8, 4) is 0 Å². The Bertz CT molecular complexity index is 922. The fourth-order valence-electron chi connectivity index (χ4n) is 4.39. The van der Waals surface area contributed by atoms with Gasteiger partial charge in [0.05, 0.1) is 18.8 Å². The normalized spacial score (nSPS) is 22.3. The number of benzene rings is 2. The van der Waals surface area contributed by atoms with E-state index in [1.807, 2.05) is 35.2 Å². The third-order valence-electron chi connectivity index (χ3n) is 6.10. The van der Waals surface area contributed by atoms with Gasteiger partial charge in [0, 0.05) is 32.1 Å². The summed E-state index contributed by atoms with van der Waals surface area (Å²) < 4.78 is 44.3. The lowest BCUT2D eigenvalue weighted by Gasteiger charge is -2.40. The zero-order chi connectivity index (χ0) is 22.6. The minimum Gasteiger partial charge on any atom is -0.378 e. The van der Waals surface area contributed by atoms with Crippen molar-refractivity contribution >= 4 is 12.1 Å². The number of hydrogen-bond donors (Lipinski definition) is 0. The van der Waals surface area contributed by atoms with Crippen molar-refractivity contribution in [2.45, 2.75) is 18.5 Å². The summed E-state index contributed by atoms with van der Waals surface area (Å²) in [5.41, 5.74) is 1.25. The van der Waals surface area contributed by atoms with E-state index in [0.717, 1.165) is 29.7 Å². The molecule has 2 aliphatic heterocycles. The van der Waals surface area contributed by atoms with Crippen LogP contribution in [0, 0.1) is 5.92 Å². The molecule has 0 saturated carbocycles. The van der Waals surface area contributed by atoms with Crippen molar-refractivity contribution in [2.75, 3.05) is 39.4 Å². The number of piperidine rings is 1. The van der Waals surface area contributed by atoms with Gasteiger partial charge in [-0.15, -0.1) is 0 Å². The summed E-state index contributed by atoms with van der Waals surface area (Å²) in [7, 11) is 0. The molecule has 0 aliphatic carbocycles. The highest BCUT2D eigenvalue weighted by molar-refractivity contribution is 5.75. The maximum Gasteiger partial charge on any atom is 0.416 e. The third-order valence-corrected chi connectivity index (χ3v) is 6.10. The van der Waals surface area contributed by atoms with Crippen LogP contribution in [0.5, 0.6) is 0 Å². The smallest absolute Gasteiger partial charge is 0.378 e. The van der Waals surface area contributed by atoms with Crippen LogP contribution in [-0.2, 0) is 10.9 Å². The predicted molar refractivity (Wildman–Crippen MR) is 117 cm³/mol. The van der Waals surface area contributed by atoms with Crippen LogP contribution < -0.4 is 0 Å². The van der Waals surface area contributed by atoms with E-state index >= 15 is 0 Å². The van der Waals surface area contributed by atoms with Gasteiger partial charge in [-0.2, -0.15) is 13.2 Å². The number of hydrogen-bond acceptors (Lipinski definition) is 2. The molecule has 2 saturated heterocycles. The van der Waals surface area contributed by atoms with Gasteiger partial charge in [0.1, 0.15) is 0 Å². The van der Waals surface area contributed by atoms with Gasteiger partial charge in [-0.1, -0.05) is 54.6 Å². The molecule has 32 heavy (non-hydrogen) atoms. The van der Waals surface area contributed by atoms with Crippen molar-refractivity contribution in [1.29, 1.82) is 0 Å². The van der Waals surface area contributed by atoms with Crippen LogP contribution in [0.4, 0.5) is 18.0 Å². The molecule has 2 heterocycles. The maximum atomic E-state index is 13.2. The fourth-order valence-corrected chi connectivity index (χ4v) is 4.39. The molecule has 0 spiro atoms. The maximum absolute atomic E-state index is 13.2. The van der Waals surface area contributed by atoms with Crippen molar-refractivity contribution < 1.29 is 22.7 Å². The standard InChI is InChI=1S/C25H27F3N2O2/c26-25(27,28)23-10-8-21(9-11-23)22-16-20(7-6-19-4-2-1-3-5-19)17-30(18-22)24(31)29-12-14-32-15-13-29/h1-11,20,22H,12-18H2/b7-6+. The first-order valence-corrected chi connectivity index (χ1v) is 10.9. The number of alkyl halides is 3. The quantitative estimate of drug-likeness (QED) is 0.646. The monoisotopic (exact) mass is 444 g/mol. The van der Waals surface area contributed by atoms with Crippen LogP contribution in [0.15, 0.2) is 60.7 Å². The third kappa shape index (κ3) is 5.51. The van der Waals surface area contributed by atoms with Crippen molar-refractivity contribution in [3.63, 3.8) is 0 Å². The van der Waals surface area contributed by atoms with Gasteiger partial charge < -0.3 is 14.5 Å². The van der Waals surface area contributed by atoms with Gasteiger partial charge in [-0.3, -0.25) is 0 Å². The van der Waals surface area contributed by atoms with Gasteiger partial charge in [0.2, 0.25) is 0 Å². The van der Waals surface area contributed by atoms with E-state index < -0.39 is 11.7 Å². The first kappa shape index (κ1) is 22.4. The van der Waals surface area contributed by atoms with Crippen LogP contribution in [-0.4, -0.2) is 55.2 Å². The number of morpholine rings is 1. The summed E-state index contributed by atoms with van der Waals surface area (Å²) in [6.45, 7) is 3.27. The molecule has 2 atom stereocenters. The van der Waals surface area contributed by atoms with E-state index in [9.17, 15) is 18.0 Å². The summed E-state index contributed by atoms with van der Waals surface area (Å²) >= 11 is 0. The van der Waals surface area contributed by atoms with Gasteiger partial charge in [-0.05, 0) is 35.6 Å². The average Bonchev–Trinajstić information content (AvgIpc) is 2.83. The van der Waals surface area contributed by atoms with E-state index in [2.05, 4.69) is 12.2 Å². The van der Waals surface area contributed by atoms with Gasteiger partial charge in [0.25, 0.3) is 0 Å². The molecule has 0 radical (unpaired) electrons. The van der Waals surface area contributed by atoms with Crippen LogP contribution >= 0.6 is 0 Å². The number of nitrogens with zero attached hydrogens (tertiary/aromatic N) is 2. The Morgan fingerprint density at radius 2 is 1.62 bits per heavy atom. The Kier molecular flexibility index (Phi) is 6.84. The second-order valence-electron chi connectivity index (χ2n) is 8.37. The molecule has 0 N–H and O–H groups in total. The lowest BCUT2D eigenvalue weighted by molar-refractivity contribution is -0.137. The zero-order valence-corrected chi connectivity index (χ0v) is 17.8. The topological polar surface area (TPSA) is 32.8 Å². The molecule has 2 amide bonds. The lowest BCUT2D eigenvalue weighted by Crippen LogP contribution is -2.52. The number of amides is 2. The lowest BCUT2D eigenvalue weighted by atomic mass is 9.84. The fraction of sp³-hybridized carbons (Fsp3) is 0.400. The number of carbonyl (C=O) groups excluding carboxylic acids is 1. The number of rotatable bonds is 3. The molecule has 7 heteroatoms. The second-order valence-corrected chi connectivity index (χ2v) is 8.37. The Labute approximate surface area is 186 Å². The van der Waals surface area contributed by atoms with Crippen molar-refractivity contribution in [3.05, 3.63) is 77.4 Å². The Morgan fingerprint density at radius 3 is 2.28 bits per heavy atom. The van der Waals surface area contributed by atoms with E-state index in [1.54, 1.807) is 17.0 Å². The molecule has 170 valence electrons. The molecule has 4 rings (SSSR count). The number of likely N-dealkylation sites (tertiary alicyclic amines) is 1. The van der Waals surface area contributed by atoms with Crippen molar-refractivity contribution in [2.24, 2.45) is 5.92 Å². The minimum absolute atomic E-state index is 0.0250. The van der Waals surface area contributed by atoms with Crippen LogP contribution in [0.1, 0.15) is 29.0 Å². The predicted octanol–water partition coefficient (Wildman–Crippen LogP) is 5.28. The van der Waals surface area contributed by atoms with Gasteiger partial charge in [0.15, 0.2) is 0 Å². The van der Waals surface area contributed by atoms with E-state index in [1.165, 1.54) is 0 Å². The second kappa shape index (κ2) is 9.77. The number of urea groups is 1. The molecular formula is C25H27F3N2O2. The first-order chi connectivity index (χ1) is 15.4. The molecule has 2 unspecified atom stereocenters. The Balaban J connectivity index is 1.54. The highest BCUT2D eigenvalue weighted by Crippen LogP contribution is 2.34. The molecule has 2 aromatic carbocycles. The Hall–Kier alpha value is -2.80. The summed E-state index contributed by atoms with van der Waals surface area (Å²) in [6.07, 6.45) is 0.592. The zero-order valence-electron chi connectivity index (χ0n) is 17.8. The highest BCUT2D eigenvalue weighted by Gasteiger charge is 2.34. The Morgan fingerprint density at radius 1 is 0.938 bits per heavy atom. The van der Waals surface area contributed by atoms with Crippen LogP contribution in [0.25, 0.3) is 6.08 Å². The van der Waals surface area contributed by atoms with E-state index in [-0.39, 0.29) is 17.9 Å². The summed E-state index contributed by atoms with van der Waals surface area (Å²) in [5.74, 6) is 0.0858. The summed E-state index contributed by atoms with van der Waals surface area (Å²) in [5, 5.41) is 0. The number of ether oxygens (including phenoxy) is 1. The molecule has 4 nitrogen and oxygen atoms in total. The van der Waals surface area contributed by atoms with Crippen LogP contribution in [0.2, 0.25) is 0 Å². The minimum atomic E-state index is -4.36. The highest BCUT2D eigenvalue weighted by atomic mass is 19.4. The summed E-state index contributed by atoms with van der Waals surface area (Å²) in [6, 6.07) is 15.3. The van der Waals surface area contributed by atoms with Crippen molar-refractivity contribution in [1.82, 2.24) is 9.80 Å². The molecule has 0 aromatic heterocycles. The van der Waals surface area contributed by atoms with Gasteiger partial charge >= 0.3 is 12.2 Å².